The molecule has 2 rings (SSSR count). The summed E-state index contributed by atoms with van der Waals surface area (Å²) in [6, 6.07) is 16.7. The minimum atomic E-state index is -1.21. The van der Waals surface area contributed by atoms with Crippen LogP contribution in [-0.4, -0.2) is 11.3 Å². The van der Waals surface area contributed by atoms with Gasteiger partial charge < -0.3 is 5.73 Å². The number of benzene rings is 2. The van der Waals surface area contributed by atoms with Gasteiger partial charge in [0, 0.05) is 18.4 Å². The highest BCUT2D eigenvalue weighted by Gasteiger charge is 2.10. The second-order valence-electron chi connectivity index (χ2n) is 3.65. The maximum Gasteiger partial charge on any atom is 0.152 e. The van der Waals surface area contributed by atoms with Gasteiger partial charge in [-0.3, -0.25) is 4.31 Å². The molecule has 4 heteroatoms. The van der Waals surface area contributed by atoms with Gasteiger partial charge in [-0.25, -0.2) is 4.21 Å². The number of hydrogen-bond donors (Lipinski definition) is 1. The van der Waals surface area contributed by atoms with Crippen molar-refractivity contribution < 1.29 is 4.21 Å². The lowest BCUT2D eigenvalue weighted by Crippen LogP contribution is -2.20. The summed E-state index contributed by atoms with van der Waals surface area (Å²) in [4.78, 5) is 0.741. The Labute approximate surface area is 103 Å². The third-order valence-electron chi connectivity index (χ3n) is 2.45. The van der Waals surface area contributed by atoms with E-state index < -0.39 is 11.0 Å². The average molecular weight is 246 g/mol. The van der Waals surface area contributed by atoms with E-state index in [0.717, 1.165) is 10.6 Å². The Kier molecular flexibility index (Phi) is 3.44. The molecule has 2 aromatic carbocycles. The second-order valence-corrected chi connectivity index (χ2v) is 5.17. The van der Waals surface area contributed by atoms with Crippen LogP contribution in [0.1, 0.15) is 0 Å². The fourth-order valence-electron chi connectivity index (χ4n) is 1.48. The van der Waals surface area contributed by atoms with Crippen molar-refractivity contribution in [2.75, 3.05) is 17.1 Å². The molecule has 0 aliphatic rings. The minimum Gasteiger partial charge on any atom is -0.399 e. The molecule has 0 saturated heterocycles. The summed E-state index contributed by atoms with van der Waals surface area (Å²) in [5.41, 5.74) is 7.19. The SMILES string of the molecule is CN(c1ccccc1)S(=O)c1ccc(N)cc1. The quantitative estimate of drug-likeness (QED) is 0.845. The zero-order valence-corrected chi connectivity index (χ0v) is 10.4. The molecule has 0 bridgehead atoms. The summed E-state index contributed by atoms with van der Waals surface area (Å²) in [5, 5.41) is 0. The molecule has 3 nitrogen and oxygen atoms in total. The zero-order chi connectivity index (χ0) is 12.3. The monoisotopic (exact) mass is 246 g/mol. The molecule has 0 aromatic heterocycles. The van der Waals surface area contributed by atoms with Crippen molar-refractivity contribution in [1.82, 2.24) is 0 Å². The summed E-state index contributed by atoms with van der Waals surface area (Å²) < 4.78 is 14.0. The standard InChI is InChI=1S/C13H14N2OS/c1-15(12-5-3-2-4-6-12)17(16)13-9-7-11(14)8-10-13/h2-10H,14H2,1H3. The number of anilines is 2. The van der Waals surface area contributed by atoms with Crippen molar-refractivity contribution in [3.63, 3.8) is 0 Å². The van der Waals surface area contributed by atoms with Crippen molar-refractivity contribution in [2.45, 2.75) is 4.90 Å². The summed E-state index contributed by atoms with van der Waals surface area (Å²) in [6.45, 7) is 0. The molecule has 17 heavy (non-hydrogen) atoms. The van der Waals surface area contributed by atoms with Gasteiger partial charge in [-0.2, -0.15) is 0 Å². The molecule has 0 aliphatic heterocycles. The Morgan fingerprint density at radius 1 is 1.00 bits per heavy atom. The van der Waals surface area contributed by atoms with Crippen LogP contribution in [0.2, 0.25) is 0 Å². The van der Waals surface area contributed by atoms with Crippen LogP contribution in [0.15, 0.2) is 59.5 Å². The largest absolute Gasteiger partial charge is 0.399 e. The molecule has 0 fully saturated rings. The lowest BCUT2D eigenvalue weighted by atomic mass is 10.3. The highest BCUT2D eigenvalue weighted by molar-refractivity contribution is 7.86. The number of nitrogen functional groups attached to an aromatic ring is 1. The molecule has 0 amide bonds. The van der Waals surface area contributed by atoms with E-state index in [-0.39, 0.29) is 0 Å². The number of nitrogens with zero attached hydrogens (tertiary/aromatic N) is 1. The highest BCUT2D eigenvalue weighted by atomic mass is 32.2. The van der Waals surface area contributed by atoms with Gasteiger partial charge in [-0.15, -0.1) is 0 Å². The van der Waals surface area contributed by atoms with Gasteiger partial charge in [-0.05, 0) is 36.4 Å². The van der Waals surface area contributed by atoms with E-state index in [2.05, 4.69) is 0 Å². The van der Waals surface area contributed by atoms with Gasteiger partial charge in [0.25, 0.3) is 0 Å². The maximum atomic E-state index is 12.3. The van der Waals surface area contributed by atoms with Crippen LogP contribution in [0.5, 0.6) is 0 Å². The van der Waals surface area contributed by atoms with Crippen LogP contribution in [0.25, 0.3) is 0 Å². The van der Waals surface area contributed by atoms with Crippen molar-refractivity contribution in [3.05, 3.63) is 54.6 Å². The summed E-state index contributed by atoms with van der Waals surface area (Å²) in [6.07, 6.45) is 0. The number of hydrogen-bond acceptors (Lipinski definition) is 2. The molecule has 0 saturated carbocycles. The summed E-state index contributed by atoms with van der Waals surface area (Å²) >= 11 is 0. The predicted octanol–water partition coefficient (Wildman–Crippen LogP) is 2.43. The van der Waals surface area contributed by atoms with Gasteiger partial charge in [0.1, 0.15) is 0 Å². The first-order valence-electron chi connectivity index (χ1n) is 5.24. The van der Waals surface area contributed by atoms with Crippen LogP contribution in [0.3, 0.4) is 0 Å². The smallest absolute Gasteiger partial charge is 0.152 e. The van der Waals surface area contributed by atoms with Gasteiger partial charge in [0.15, 0.2) is 11.0 Å². The number of rotatable bonds is 3. The van der Waals surface area contributed by atoms with E-state index in [4.69, 9.17) is 5.73 Å². The van der Waals surface area contributed by atoms with E-state index in [1.807, 2.05) is 37.4 Å². The normalized spacial score (nSPS) is 12.1. The number of nitrogens with two attached hydrogens (primary N) is 1. The van der Waals surface area contributed by atoms with Crippen LogP contribution in [0, 0.1) is 0 Å². The predicted molar refractivity (Wildman–Crippen MR) is 72.1 cm³/mol. The molecule has 0 heterocycles. The summed E-state index contributed by atoms with van der Waals surface area (Å²) in [5.74, 6) is 0. The molecule has 1 unspecified atom stereocenters. The van der Waals surface area contributed by atoms with E-state index in [1.165, 1.54) is 0 Å². The van der Waals surface area contributed by atoms with Crippen LogP contribution < -0.4 is 10.0 Å². The first kappa shape index (κ1) is 11.7. The van der Waals surface area contributed by atoms with Crippen LogP contribution in [0.4, 0.5) is 11.4 Å². The lowest BCUT2D eigenvalue weighted by Gasteiger charge is -2.17. The third kappa shape index (κ3) is 2.65. The van der Waals surface area contributed by atoms with E-state index in [9.17, 15) is 4.21 Å². The Morgan fingerprint density at radius 3 is 2.18 bits per heavy atom. The Balaban J connectivity index is 2.23. The maximum absolute atomic E-state index is 12.3. The molecule has 1 atom stereocenters. The fraction of sp³-hybridized carbons (Fsp3) is 0.0769. The van der Waals surface area contributed by atoms with E-state index >= 15 is 0 Å². The Morgan fingerprint density at radius 2 is 1.59 bits per heavy atom. The minimum absolute atomic E-state index is 0.674. The van der Waals surface area contributed by atoms with E-state index in [1.54, 1.807) is 28.6 Å². The zero-order valence-electron chi connectivity index (χ0n) is 9.54. The molecule has 0 aliphatic carbocycles. The van der Waals surface area contributed by atoms with Gasteiger partial charge in [0.05, 0.1) is 4.90 Å². The first-order valence-corrected chi connectivity index (χ1v) is 6.35. The third-order valence-corrected chi connectivity index (χ3v) is 3.83. The first-order chi connectivity index (χ1) is 8.18. The average Bonchev–Trinajstić information content (AvgIpc) is 2.39. The van der Waals surface area contributed by atoms with Gasteiger partial charge in [0.2, 0.25) is 0 Å². The molecular weight excluding hydrogens is 232 g/mol. The fourth-order valence-corrected chi connectivity index (χ4v) is 2.47. The highest BCUT2D eigenvalue weighted by Crippen LogP contribution is 2.18. The van der Waals surface area contributed by atoms with Gasteiger partial charge in [-0.1, -0.05) is 18.2 Å². The Bertz CT molecular complexity index is 511. The van der Waals surface area contributed by atoms with E-state index in [0.29, 0.717) is 5.69 Å². The number of para-hydroxylation sites is 1. The van der Waals surface area contributed by atoms with Crippen molar-refractivity contribution in [2.24, 2.45) is 0 Å². The topological polar surface area (TPSA) is 46.3 Å². The molecule has 0 radical (unpaired) electrons. The van der Waals surface area contributed by atoms with Crippen molar-refractivity contribution in [1.29, 1.82) is 0 Å². The molecule has 2 aromatic rings. The lowest BCUT2D eigenvalue weighted by molar-refractivity contribution is 0.682. The van der Waals surface area contributed by atoms with Gasteiger partial charge >= 0.3 is 0 Å². The molecular formula is C13H14N2OS. The Hall–Kier alpha value is -1.81. The summed E-state index contributed by atoms with van der Waals surface area (Å²) in [7, 11) is 0.598. The molecule has 0 spiro atoms. The molecule has 88 valence electrons. The van der Waals surface area contributed by atoms with Crippen LogP contribution >= 0.6 is 0 Å². The molecule has 2 N–H and O–H groups in total. The van der Waals surface area contributed by atoms with Crippen LogP contribution in [-0.2, 0) is 11.0 Å². The van der Waals surface area contributed by atoms with Crippen molar-refractivity contribution in [3.8, 4) is 0 Å². The second kappa shape index (κ2) is 5.01. The van der Waals surface area contributed by atoms with Crippen molar-refractivity contribution >= 4 is 22.4 Å².